The number of hydrogen-bond acceptors (Lipinski definition) is 4. The lowest BCUT2D eigenvalue weighted by Crippen LogP contribution is -2.22. The SMILES string of the molecule is CCCNCC(C)c1c(C)nc(CSC(C)(C)C)nc1C. The van der Waals surface area contributed by atoms with Gasteiger partial charge in [-0.15, -0.1) is 11.8 Å². The van der Waals surface area contributed by atoms with Crippen molar-refractivity contribution in [2.45, 2.75) is 71.3 Å². The van der Waals surface area contributed by atoms with Gasteiger partial charge in [0.1, 0.15) is 5.82 Å². The zero-order chi connectivity index (χ0) is 16.0. The Balaban J connectivity index is 2.79. The predicted molar refractivity (Wildman–Crippen MR) is 94.1 cm³/mol. The first-order valence-electron chi connectivity index (χ1n) is 7.93. The van der Waals surface area contributed by atoms with E-state index in [-0.39, 0.29) is 4.75 Å². The fraction of sp³-hybridized carbons (Fsp3) is 0.765. The van der Waals surface area contributed by atoms with Gasteiger partial charge in [-0.05, 0) is 38.3 Å². The highest BCUT2D eigenvalue weighted by atomic mass is 32.2. The van der Waals surface area contributed by atoms with Gasteiger partial charge in [-0.25, -0.2) is 9.97 Å². The molecule has 1 unspecified atom stereocenters. The largest absolute Gasteiger partial charge is 0.316 e. The van der Waals surface area contributed by atoms with Gasteiger partial charge in [0.05, 0.1) is 5.75 Å². The van der Waals surface area contributed by atoms with E-state index in [1.165, 1.54) is 12.0 Å². The van der Waals surface area contributed by atoms with E-state index in [0.717, 1.165) is 36.1 Å². The molecule has 1 aromatic heterocycles. The third-order valence-electron chi connectivity index (χ3n) is 3.38. The van der Waals surface area contributed by atoms with Crippen LogP contribution in [-0.2, 0) is 5.75 Å². The Labute approximate surface area is 134 Å². The second-order valence-corrected chi connectivity index (χ2v) is 8.53. The summed E-state index contributed by atoms with van der Waals surface area (Å²) in [6.45, 7) is 17.4. The molecule has 0 aliphatic carbocycles. The third kappa shape index (κ3) is 6.35. The molecular weight excluding hydrogens is 278 g/mol. The summed E-state index contributed by atoms with van der Waals surface area (Å²) in [7, 11) is 0. The lowest BCUT2D eigenvalue weighted by atomic mass is 9.98. The minimum atomic E-state index is 0.251. The van der Waals surface area contributed by atoms with Gasteiger partial charge in [-0.2, -0.15) is 0 Å². The molecule has 1 N–H and O–H groups in total. The van der Waals surface area contributed by atoms with Gasteiger partial charge < -0.3 is 5.32 Å². The van der Waals surface area contributed by atoms with E-state index in [4.69, 9.17) is 9.97 Å². The first kappa shape index (κ1) is 18.4. The summed E-state index contributed by atoms with van der Waals surface area (Å²) >= 11 is 1.90. The third-order valence-corrected chi connectivity index (χ3v) is 4.65. The molecule has 0 aromatic carbocycles. The number of aromatic nitrogens is 2. The van der Waals surface area contributed by atoms with Crippen LogP contribution in [0, 0.1) is 13.8 Å². The van der Waals surface area contributed by atoms with Gasteiger partial charge in [-0.1, -0.05) is 34.6 Å². The maximum absolute atomic E-state index is 4.73. The van der Waals surface area contributed by atoms with Crippen LogP contribution in [0.1, 0.15) is 69.7 Å². The van der Waals surface area contributed by atoms with Crippen molar-refractivity contribution in [1.82, 2.24) is 15.3 Å². The Morgan fingerprint density at radius 3 is 2.19 bits per heavy atom. The smallest absolute Gasteiger partial charge is 0.138 e. The summed E-state index contributed by atoms with van der Waals surface area (Å²) < 4.78 is 0.251. The van der Waals surface area contributed by atoms with E-state index in [2.05, 4.69) is 53.8 Å². The average Bonchev–Trinajstić information content (AvgIpc) is 2.35. The topological polar surface area (TPSA) is 37.8 Å². The first-order chi connectivity index (χ1) is 9.74. The Bertz CT molecular complexity index is 429. The maximum atomic E-state index is 4.73. The lowest BCUT2D eigenvalue weighted by Gasteiger charge is -2.20. The van der Waals surface area contributed by atoms with E-state index in [9.17, 15) is 0 Å². The summed E-state index contributed by atoms with van der Waals surface area (Å²) in [5.74, 6) is 2.30. The minimum Gasteiger partial charge on any atom is -0.316 e. The molecule has 3 nitrogen and oxygen atoms in total. The number of nitrogens with one attached hydrogen (secondary N) is 1. The summed E-state index contributed by atoms with van der Waals surface area (Å²) in [5.41, 5.74) is 3.58. The molecule has 0 fully saturated rings. The Hall–Kier alpha value is -0.610. The van der Waals surface area contributed by atoms with Crippen molar-refractivity contribution in [3.8, 4) is 0 Å². The van der Waals surface area contributed by atoms with Gasteiger partial charge in [-0.3, -0.25) is 0 Å². The molecule has 0 radical (unpaired) electrons. The molecule has 0 bridgehead atoms. The molecule has 1 rings (SSSR count). The second-order valence-electron chi connectivity index (χ2n) is 6.73. The first-order valence-corrected chi connectivity index (χ1v) is 8.91. The van der Waals surface area contributed by atoms with E-state index >= 15 is 0 Å². The predicted octanol–water partition coefficient (Wildman–Crippen LogP) is 4.23. The monoisotopic (exact) mass is 309 g/mol. The Morgan fingerprint density at radius 2 is 1.71 bits per heavy atom. The van der Waals surface area contributed by atoms with Crippen molar-refractivity contribution in [2.75, 3.05) is 13.1 Å². The molecule has 0 saturated carbocycles. The van der Waals surface area contributed by atoms with Crippen LogP contribution in [0.2, 0.25) is 0 Å². The normalized spacial score (nSPS) is 13.5. The summed E-state index contributed by atoms with van der Waals surface area (Å²) in [6, 6.07) is 0. The highest BCUT2D eigenvalue weighted by molar-refractivity contribution is 7.99. The van der Waals surface area contributed by atoms with Gasteiger partial charge in [0.15, 0.2) is 0 Å². The number of rotatable bonds is 7. The standard InChI is InChI=1S/C17H31N3S/c1-8-9-18-10-12(2)16-13(3)19-15(20-14(16)4)11-21-17(5,6)7/h12,18H,8-11H2,1-7H3. The zero-order valence-corrected chi connectivity index (χ0v) is 15.5. The summed E-state index contributed by atoms with van der Waals surface area (Å²) in [4.78, 5) is 9.45. The van der Waals surface area contributed by atoms with Gasteiger partial charge in [0, 0.05) is 22.7 Å². The Kier molecular flexibility index (Phi) is 7.14. The molecule has 0 aliphatic heterocycles. The van der Waals surface area contributed by atoms with Crippen molar-refractivity contribution in [1.29, 1.82) is 0 Å². The molecule has 1 aromatic rings. The number of aryl methyl sites for hydroxylation is 2. The van der Waals surface area contributed by atoms with Gasteiger partial charge in [0.2, 0.25) is 0 Å². The van der Waals surface area contributed by atoms with Crippen LogP contribution < -0.4 is 5.32 Å². The van der Waals surface area contributed by atoms with Crippen LogP contribution >= 0.6 is 11.8 Å². The highest BCUT2D eigenvalue weighted by Crippen LogP contribution is 2.27. The van der Waals surface area contributed by atoms with Crippen molar-refractivity contribution in [3.63, 3.8) is 0 Å². The quantitative estimate of drug-likeness (QED) is 0.765. The number of hydrogen-bond donors (Lipinski definition) is 1. The van der Waals surface area contributed by atoms with Crippen LogP contribution in [0.3, 0.4) is 0 Å². The van der Waals surface area contributed by atoms with Crippen molar-refractivity contribution >= 4 is 11.8 Å². The van der Waals surface area contributed by atoms with Crippen molar-refractivity contribution in [2.24, 2.45) is 0 Å². The van der Waals surface area contributed by atoms with Gasteiger partial charge in [0.25, 0.3) is 0 Å². The van der Waals surface area contributed by atoms with Crippen LogP contribution in [-0.4, -0.2) is 27.8 Å². The van der Waals surface area contributed by atoms with E-state index in [0.29, 0.717) is 5.92 Å². The van der Waals surface area contributed by atoms with Gasteiger partial charge >= 0.3 is 0 Å². The van der Waals surface area contributed by atoms with Crippen LogP contribution in [0.25, 0.3) is 0 Å². The molecule has 1 heterocycles. The van der Waals surface area contributed by atoms with Crippen LogP contribution in [0.4, 0.5) is 0 Å². The summed E-state index contributed by atoms with van der Waals surface area (Å²) in [6.07, 6.45) is 1.17. The molecular formula is C17H31N3S. The van der Waals surface area contributed by atoms with Crippen molar-refractivity contribution < 1.29 is 0 Å². The van der Waals surface area contributed by atoms with Crippen molar-refractivity contribution in [3.05, 3.63) is 22.8 Å². The highest BCUT2D eigenvalue weighted by Gasteiger charge is 2.16. The summed E-state index contributed by atoms with van der Waals surface area (Å²) in [5, 5.41) is 3.49. The molecule has 0 amide bonds. The average molecular weight is 310 g/mol. The minimum absolute atomic E-state index is 0.251. The molecule has 0 spiro atoms. The molecule has 120 valence electrons. The fourth-order valence-corrected chi connectivity index (χ4v) is 3.14. The molecule has 1 atom stereocenters. The maximum Gasteiger partial charge on any atom is 0.138 e. The molecule has 0 aliphatic rings. The van der Waals surface area contributed by atoms with Crippen LogP contribution in [0.5, 0.6) is 0 Å². The van der Waals surface area contributed by atoms with E-state index in [1.807, 2.05) is 11.8 Å². The fourth-order valence-electron chi connectivity index (χ4n) is 2.45. The number of nitrogens with zero attached hydrogens (tertiary/aromatic N) is 2. The molecule has 4 heteroatoms. The van der Waals surface area contributed by atoms with E-state index in [1.54, 1.807) is 0 Å². The molecule has 0 saturated heterocycles. The Morgan fingerprint density at radius 1 is 1.14 bits per heavy atom. The second kappa shape index (κ2) is 8.14. The lowest BCUT2D eigenvalue weighted by molar-refractivity contribution is 0.600. The van der Waals surface area contributed by atoms with Crippen LogP contribution in [0.15, 0.2) is 0 Å². The number of thioether (sulfide) groups is 1. The van der Waals surface area contributed by atoms with E-state index < -0.39 is 0 Å². The zero-order valence-electron chi connectivity index (χ0n) is 14.7. The molecule has 21 heavy (non-hydrogen) atoms.